The highest BCUT2D eigenvalue weighted by molar-refractivity contribution is 7.88. The lowest BCUT2D eigenvalue weighted by atomic mass is 10.1. The molecule has 2 rings (SSSR count). The fourth-order valence-electron chi connectivity index (χ4n) is 2.20. The molecule has 128 valence electrons. The van der Waals surface area contributed by atoms with E-state index in [1.54, 1.807) is 30.6 Å². The number of carbonyl (C=O) groups is 1. The van der Waals surface area contributed by atoms with E-state index in [9.17, 15) is 13.2 Å². The van der Waals surface area contributed by atoms with Gasteiger partial charge in [-0.1, -0.05) is 23.8 Å². The molecule has 2 N–H and O–H groups in total. The maximum absolute atomic E-state index is 12.1. The molecule has 0 saturated heterocycles. The number of aromatic nitrogens is 1. The minimum Gasteiger partial charge on any atom is -0.351 e. The quantitative estimate of drug-likeness (QED) is 0.793. The van der Waals surface area contributed by atoms with Crippen molar-refractivity contribution in [3.05, 3.63) is 65.0 Å². The van der Waals surface area contributed by atoms with Crippen LogP contribution in [0, 0.1) is 13.8 Å². The monoisotopic (exact) mass is 347 g/mol. The van der Waals surface area contributed by atoms with Crippen molar-refractivity contribution in [3.8, 4) is 0 Å². The molecule has 1 amide bonds. The van der Waals surface area contributed by atoms with Gasteiger partial charge in [0.15, 0.2) is 0 Å². The van der Waals surface area contributed by atoms with Gasteiger partial charge in [-0.15, -0.1) is 0 Å². The third-order valence-electron chi connectivity index (χ3n) is 3.54. The van der Waals surface area contributed by atoms with Gasteiger partial charge < -0.3 is 5.32 Å². The first-order valence-electron chi connectivity index (χ1n) is 7.55. The number of nitrogens with one attached hydrogen (secondary N) is 2. The zero-order chi connectivity index (χ0) is 17.6. The lowest BCUT2D eigenvalue weighted by molar-refractivity contribution is -0.120. The third kappa shape index (κ3) is 5.75. The molecule has 0 spiro atoms. The van der Waals surface area contributed by atoms with E-state index in [1.165, 1.54) is 0 Å². The number of nitrogens with zero attached hydrogens (tertiary/aromatic N) is 1. The number of sulfonamides is 1. The first-order chi connectivity index (χ1) is 11.4. The molecular formula is C17H21N3O3S. The normalized spacial score (nSPS) is 11.2. The van der Waals surface area contributed by atoms with Crippen LogP contribution in [0.2, 0.25) is 0 Å². The second-order valence-corrected chi connectivity index (χ2v) is 7.45. The van der Waals surface area contributed by atoms with Gasteiger partial charge in [-0.2, -0.15) is 0 Å². The number of aryl methyl sites for hydroxylation is 2. The number of hydrogen-bond donors (Lipinski definition) is 2. The van der Waals surface area contributed by atoms with Crippen molar-refractivity contribution in [1.29, 1.82) is 0 Å². The van der Waals surface area contributed by atoms with Crippen molar-refractivity contribution in [2.45, 2.75) is 26.1 Å². The zero-order valence-electron chi connectivity index (χ0n) is 13.7. The summed E-state index contributed by atoms with van der Waals surface area (Å²) in [5, 5.41) is 2.66. The van der Waals surface area contributed by atoms with Crippen molar-refractivity contribution >= 4 is 15.9 Å². The second kappa shape index (κ2) is 8.03. The molecule has 0 bridgehead atoms. The van der Waals surface area contributed by atoms with E-state index >= 15 is 0 Å². The summed E-state index contributed by atoms with van der Waals surface area (Å²) in [6.07, 6.45) is 3.27. The van der Waals surface area contributed by atoms with E-state index in [-0.39, 0.29) is 18.2 Å². The second-order valence-electron chi connectivity index (χ2n) is 5.64. The van der Waals surface area contributed by atoms with Gasteiger partial charge in [-0.3, -0.25) is 9.78 Å². The Hall–Kier alpha value is -2.25. The molecule has 7 heteroatoms. The summed E-state index contributed by atoms with van der Waals surface area (Å²) in [5.74, 6) is -0.521. The average Bonchev–Trinajstić information content (AvgIpc) is 2.55. The van der Waals surface area contributed by atoms with E-state index in [1.807, 2.05) is 26.0 Å². The molecule has 1 heterocycles. The molecule has 2 aromatic rings. The van der Waals surface area contributed by atoms with Crippen LogP contribution in [0.25, 0.3) is 0 Å². The van der Waals surface area contributed by atoms with Crippen LogP contribution < -0.4 is 10.0 Å². The van der Waals surface area contributed by atoms with Crippen LogP contribution in [0.15, 0.2) is 42.7 Å². The Kier molecular flexibility index (Phi) is 6.05. The highest BCUT2D eigenvalue weighted by atomic mass is 32.2. The first-order valence-corrected chi connectivity index (χ1v) is 9.20. The van der Waals surface area contributed by atoms with Gasteiger partial charge in [-0.25, -0.2) is 13.1 Å². The summed E-state index contributed by atoms with van der Waals surface area (Å²) >= 11 is 0. The van der Waals surface area contributed by atoms with Gasteiger partial charge in [-0.05, 0) is 42.7 Å². The molecule has 0 atom stereocenters. The number of hydrogen-bond acceptors (Lipinski definition) is 4. The molecule has 1 aromatic carbocycles. The number of amides is 1. The number of carbonyl (C=O) groups excluding carboxylic acids is 1. The lowest BCUT2D eigenvalue weighted by Gasteiger charge is -2.10. The van der Waals surface area contributed by atoms with E-state index < -0.39 is 10.0 Å². The molecule has 0 saturated carbocycles. The van der Waals surface area contributed by atoms with Gasteiger partial charge in [0.2, 0.25) is 15.9 Å². The summed E-state index contributed by atoms with van der Waals surface area (Å²) < 4.78 is 26.6. The van der Waals surface area contributed by atoms with Crippen molar-refractivity contribution in [3.63, 3.8) is 0 Å². The molecule has 0 aliphatic rings. The fourth-order valence-corrected chi connectivity index (χ4v) is 3.39. The van der Waals surface area contributed by atoms with Crippen LogP contribution in [0.4, 0.5) is 0 Å². The summed E-state index contributed by atoms with van der Waals surface area (Å²) in [6.45, 7) is 3.88. The fraction of sp³-hybridized carbons (Fsp3) is 0.294. The standard InChI is InChI=1S/C17H21N3O3S/c1-13-3-4-16(14(2)9-13)12-24(22,23)20-11-17(21)19-10-15-5-7-18-8-6-15/h3-9,20H,10-12H2,1-2H3,(H,19,21). The van der Waals surface area contributed by atoms with Gasteiger partial charge in [0.25, 0.3) is 0 Å². The summed E-state index contributed by atoms with van der Waals surface area (Å²) in [6, 6.07) is 9.17. The van der Waals surface area contributed by atoms with E-state index in [0.29, 0.717) is 6.54 Å². The Bertz CT molecular complexity index is 805. The van der Waals surface area contributed by atoms with Crippen LogP contribution in [0.1, 0.15) is 22.3 Å². The Balaban J connectivity index is 1.84. The maximum Gasteiger partial charge on any atom is 0.235 e. The topological polar surface area (TPSA) is 88.2 Å². The van der Waals surface area contributed by atoms with Gasteiger partial charge in [0.1, 0.15) is 0 Å². The molecule has 24 heavy (non-hydrogen) atoms. The third-order valence-corrected chi connectivity index (χ3v) is 4.81. The number of rotatable bonds is 7. The summed E-state index contributed by atoms with van der Waals surface area (Å²) in [4.78, 5) is 15.7. The smallest absolute Gasteiger partial charge is 0.235 e. The molecule has 0 unspecified atom stereocenters. The van der Waals surface area contributed by atoms with Gasteiger partial charge >= 0.3 is 0 Å². The van der Waals surface area contributed by atoms with E-state index in [4.69, 9.17) is 0 Å². The number of benzene rings is 1. The molecule has 1 aromatic heterocycles. The van der Waals surface area contributed by atoms with Crippen molar-refractivity contribution < 1.29 is 13.2 Å². The predicted molar refractivity (Wildman–Crippen MR) is 92.6 cm³/mol. The SMILES string of the molecule is Cc1ccc(CS(=O)(=O)NCC(=O)NCc2ccncc2)c(C)c1. The van der Waals surface area contributed by atoms with Gasteiger partial charge in [0, 0.05) is 18.9 Å². The summed E-state index contributed by atoms with van der Waals surface area (Å²) in [5.41, 5.74) is 3.63. The highest BCUT2D eigenvalue weighted by Gasteiger charge is 2.14. The van der Waals surface area contributed by atoms with Gasteiger partial charge in [0.05, 0.1) is 12.3 Å². The lowest BCUT2D eigenvalue weighted by Crippen LogP contribution is -2.37. The zero-order valence-corrected chi connectivity index (χ0v) is 14.6. The Morgan fingerprint density at radius 3 is 2.50 bits per heavy atom. The van der Waals surface area contributed by atoms with E-state index in [2.05, 4.69) is 15.0 Å². The largest absolute Gasteiger partial charge is 0.351 e. The Labute approximate surface area is 142 Å². The molecule has 0 fully saturated rings. The van der Waals surface area contributed by atoms with Crippen molar-refractivity contribution in [2.24, 2.45) is 0 Å². The van der Waals surface area contributed by atoms with Crippen LogP contribution in [0.5, 0.6) is 0 Å². The van der Waals surface area contributed by atoms with Crippen LogP contribution >= 0.6 is 0 Å². The molecule has 0 radical (unpaired) electrons. The predicted octanol–water partition coefficient (Wildman–Crippen LogP) is 1.43. The molecule has 0 aliphatic carbocycles. The van der Waals surface area contributed by atoms with Crippen LogP contribution in [0.3, 0.4) is 0 Å². The average molecular weight is 347 g/mol. The summed E-state index contributed by atoms with van der Waals surface area (Å²) in [7, 11) is -3.57. The minimum absolute atomic E-state index is 0.142. The van der Waals surface area contributed by atoms with Crippen LogP contribution in [-0.2, 0) is 27.1 Å². The van der Waals surface area contributed by atoms with Crippen molar-refractivity contribution in [2.75, 3.05) is 6.54 Å². The number of pyridine rings is 1. The first kappa shape index (κ1) is 18.1. The Morgan fingerprint density at radius 2 is 1.83 bits per heavy atom. The molecule has 6 nitrogen and oxygen atoms in total. The Morgan fingerprint density at radius 1 is 1.12 bits per heavy atom. The van der Waals surface area contributed by atoms with Crippen molar-refractivity contribution in [1.82, 2.24) is 15.0 Å². The highest BCUT2D eigenvalue weighted by Crippen LogP contribution is 2.13. The van der Waals surface area contributed by atoms with Crippen LogP contribution in [-0.4, -0.2) is 25.9 Å². The van der Waals surface area contributed by atoms with E-state index in [0.717, 1.165) is 22.3 Å². The minimum atomic E-state index is -3.57. The molecular weight excluding hydrogens is 326 g/mol. The molecule has 0 aliphatic heterocycles. The maximum atomic E-state index is 12.1.